The van der Waals surface area contributed by atoms with Crippen LogP contribution < -0.4 is 11.0 Å². The molecule has 1 aromatic carbocycles. The number of aromatic nitrogens is 1. The van der Waals surface area contributed by atoms with Crippen LogP contribution in [-0.4, -0.2) is 20.8 Å². The summed E-state index contributed by atoms with van der Waals surface area (Å²) in [6.07, 6.45) is 1.67. The van der Waals surface area contributed by atoms with Crippen LogP contribution in [0.1, 0.15) is 27.4 Å². The molecule has 0 spiro atoms. The van der Waals surface area contributed by atoms with Crippen LogP contribution in [0.25, 0.3) is 10.4 Å². The zero-order valence-corrected chi connectivity index (χ0v) is 17.6. The number of pyridine rings is 1. The van der Waals surface area contributed by atoms with Crippen LogP contribution in [0.2, 0.25) is 0 Å². The van der Waals surface area contributed by atoms with E-state index in [0.29, 0.717) is 22.8 Å². The second-order valence-corrected chi connectivity index (χ2v) is 9.65. The van der Waals surface area contributed by atoms with E-state index >= 15 is 0 Å². The van der Waals surface area contributed by atoms with Gasteiger partial charge in [-0.3, -0.25) is 14.2 Å². The Morgan fingerprint density at radius 1 is 1.25 bits per heavy atom. The van der Waals surface area contributed by atoms with Crippen molar-refractivity contribution >= 4 is 42.5 Å². The van der Waals surface area contributed by atoms with Crippen LogP contribution in [0.5, 0.6) is 0 Å². The lowest BCUT2D eigenvalue weighted by Gasteiger charge is -2.25. The fourth-order valence-corrected chi connectivity index (χ4v) is 6.55. The van der Waals surface area contributed by atoms with E-state index < -0.39 is 16.0 Å². The minimum atomic E-state index is -1.20. The fourth-order valence-electron chi connectivity index (χ4n) is 3.19. The first-order chi connectivity index (χ1) is 13.6. The Bertz CT molecular complexity index is 1120. The maximum absolute atomic E-state index is 12.9. The minimum absolute atomic E-state index is 0.244. The lowest BCUT2D eigenvalue weighted by atomic mass is 10.1. The first kappa shape index (κ1) is 18.9. The van der Waals surface area contributed by atoms with Crippen LogP contribution >= 0.6 is 20.6 Å². The molecule has 140 valence electrons. The van der Waals surface area contributed by atoms with Gasteiger partial charge in [0, 0.05) is 26.8 Å². The Morgan fingerprint density at radius 2 is 2.11 bits per heavy atom. The summed E-state index contributed by atoms with van der Waals surface area (Å²) in [6.45, 7) is 0. The standard InChI is InChI=1S/C20H17N4OPS2/c21-10-12-4-3-5-13(8-12)17-9-16(26)18(27-17)15-11-28(25)19(20(22)24-15)14-6-1-2-7-23-14/h1-9,15,19H,11,26H2,(H2,22,24). The highest BCUT2D eigenvalue weighted by Crippen LogP contribution is 2.37. The van der Waals surface area contributed by atoms with E-state index in [1.807, 2.05) is 36.4 Å². The normalized spacial score (nSPS) is 21.7. The number of aliphatic imine (C=N–C) groups is 1. The van der Waals surface area contributed by atoms with Crippen LogP contribution in [0.4, 0.5) is 0 Å². The smallest absolute Gasteiger partial charge is 0.134 e. The van der Waals surface area contributed by atoms with E-state index in [0.717, 1.165) is 20.6 Å². The molecule has 3 heterocycles. The maximum atomic E-state index is 12.9. The first-order valence-corrected chi connectivity index (χ1v) is 11.4. The average Bonchev–Trinajstić information content (AvgIpc) is 3.10. The van der Waals surface area contributed by atoms with Crippen molar-refractivity contribution in [1.29, 1.82) is 5.26 Å². The SMILES string of the molecule is N#Cc1cccc(-c2cc(P)c(C3CS(=O)C(c4ccccn4)C(N)=N3)s2)c1. The third kappa shape index (κ3) is 3.64. The Labute approximate surface area is 172 Å². The molecule has 0 amide bonds. The van der Waals surface area contributed by atoms with Gasteiger partial charge in [0.05, 0.1) is 29.1 Å². The summed E-state index contributed by atoms with van der Waals surface area (Å²) < 4.78 is 12.9. The van der Waals surface area contributed by atoms with Crippen LogP contribution in [0.3, 0.4) is 0 Å². The summed E-state index contributed by atoms with van der Waals surface area (Å²) in [5.41, 5.74) is 8.51. The van der Waals surface area contributed by atoms with Crippen LogP contribution in [0.15, 0.2) is 59.7 Å². The molecule has 3 aromatic rings. The van der Waals surface area contributed by atoms with Crippen LogP contribution in [0, 0.1) is 11.3 Å². The van der Waals surface area contributed by atoms with Crippen LogP contribution in [-0.2, 0) is 10.8 Å². The number of hydrogen-bond acceptors (Lipinski definition) is 6. The highest BCUT2D eigenvalue weighted by Gasteiger charge is 2.33. The number of nitrogens with zero attached hydrogens (tertiary/aromatic N) is 3. The predicted molar refractivity (Wildman–Crippen MR) is 118 cm³/mol. The second kappa shape index (κ2) is 7.92. The Balaban J connectivity index is 1.67. The van der Waals surface area contributed by atoms with Gasteiger partial charge in [0.25, 0.3) is 0 Å². The molecule has 1 aliphatic rings. The summed E-state index contributed by atoms with van der Waals surface area (Å²) in [5, 5.41) is 9.68. The summed E-state index contributed by atoms with van der Waals surface area (Å²) in [7, 11) is 1.53. The highest BCUT2D eigenvalue weighted by atomic mass is 32.2. The lowest BCUT2D eigenvalue weighted by molar-refractivity contribution is 0.667. The third-order valence-electron chi connectivity index (χ3n) is 4.48. The van der Waals surface area contributed by atoms with Gasteiger partial charge in [-0.1, -0.05) is 18.2 Å². The van der Waals surface area contributed by atoms with Gasteiger partial charge in [0.1, 0.15) is 11.1 Å². The minimum Gasteiger partial charge on any atom is -0.386 e. The molecule has 0 aliphatic carbocycles. The summed E-state index contributed by atoms with van der Waals surface area (Å²) in [5.74, 6) is 0.765. The molecule has 4 atom stereocenters. The van der Waals surface area contributed by atoms with Gasteiger partial charge in [0.2, 0.25) is 0 Å². The van der Waals surface area contributed by atoms with E-state index in [1.165, 1.54) is 0 Å². The van der Waals surface area contributed by atoms with Crippen molar-refractivity contribution in [2.75, 3.05) is 5.75 Å². The summed E-state index contributed by atoms with van der Waals surface area (Å²) in [6, 6.07) is 17.0. The number of nitriles is 1. The van der Waals surface area contributed by atoms with Gasteiger partial charge >= 0.3 is 0 Å². The Hall–Kier alpha value is -2.39. The number of thiophene rings is 1. The van der Waals surface area contributed by atoms with Crippen molar-refractivity contribution in [3.05, 3.63) is 70.9 Å². The topological polar surface area (TPSA) is 92.1 Å². The number of amidine groups is 1. The quantitative estimate of drug-likeness (QED) is 0.654. The Kier molecular flexibility index (Phi) is 5.36. The fraction of sp³-hybridized carbons (Fsp3) is 0.150. The van der Waals surface area contributed by atoms with E-state index in [4.69, 9.17) is 11.0 Å². The molecular weight excluding hydrogens is 407 g/mol. The number of rotatable bonds is 3. The highest BCUT2D eigenvalue weighted by molar-refractivity contribution is 7.86. The molecule has 0 radical (unpaired) electrons. The Morgan fingerprint density at radius 3 is 2.82 bits per heavy atom. The molecule has 2 aromatic heterocycles. The zero-order chi connectivity index (χ0) is 19.7. The van der Waals surface area contributed by atoms with E-state index in [2.05, 4.69) is 31.4 Å². The van der Waals surface area contributed by atoms with Crippen molar-refractivity contribution in [2.45, 2.75) is 11.3 Å². The predicted octanol–water partition coefficient (Wildman–Crippen LogP) is 3.08. The molecule has 0 saturated heterocycles. The van der Waals surface area contributed by atoms with Crippen molar-refractivity contribution in [1.82, 2.24) is 4.98 Å². The number of benzene rings is 1. The number of hydrogen-bond donors (Lipinski definition) is 1. The van der Waals surface area contributed by atoms with Crippen molar-refractivity contribution in [3.8, 4) is 16.5 Å². The maximum Gasteiger partial charge on any atom is 0.134 e. The zero-order valence-electron chi connectivity index (χ0n) is 14.8. The molecule has 0 saturated carbocycles. The van der Waals surface area contributed by atoms with Gasteiger partial charge in [-0.05, 0) is 41.2 Å². The van der Waals surface area contributed by atoms with Gasteiger partial charge < -0.3 is 5.73 Å². The molecule has 5 nitrogen and oxygen atoms in total. The molecule has 4 rings (SSSR count). The molecule has 2 N–H and O–H groups in total. The molecular formula is C20H17N4OPS2. The third-order valence-corrected chi connectivity index (χ3v) is 8.13. The monoisotopic (exact) mass is 424 g/mol. The van der Waals surface area contributed by atoms with E-state index in [1.54, 1.807) is 23.6 Å². The average molecular weight is 424 g/mol. The molecule has 1 aliphatic heterocycles. The van der Waals surface area contributed by atoms with Gasteiger partial charge in [-0.15, -0.1) is 20.6 Å². The van der Waals surface area contributed by atoms with Gasteiger partial charge in [-0.25, -0.2) is 0 Å². The van der Waals surface area contributed by atoms with E-state index in [9.17, 15) is 4.21 Å². The van der Waals surface area contributed by atoms with Gasteiger partial charge in [0.15, 0.2) is 0 Å². The first-order valence-electron chi connectivity index (χ1n) is 8.58. The molecule has 8 heteroatoms. The molecule has 4 unspecified atom stereocenters. The summed E-state index contributed by atoms with van der Waals surface area (Å²) in [4.78, 5) is 11.0. The lowest BCUT2D eigenvalue weighted by Crippen LogP contribution is -2.34. The summed E-state index contributed by atoms with van der Waals surface area (Å²) >= 11 is 1.60. The van der Waals surface area contributed by atoms with Crippen molar-refractivity contribution in [2.24, 2.45) is 10.7 Å². The van der Waals surface area contributed by atoms with Crippen molar-refractivity contribution < 1.29 is 4.21 Å². The van der Waals surface area contributed by atoms with E-state index in [-0.39, 0.29) is 6.04 Å². The van der Waals surface area contributed by atoms with Gasteiger partial charge in [-0.2, -0.15) is 5.26 Å². The number of nitrogens with two attached hydrogens (primary N) is 1. The molecule has 28 heavy (non-hydrogen) atoms. The molecule has 0 fully saturated rings. The van der Waals surface area contributed by atoms with Crippen molar-refractivity contribution in [3.63, 3.8) is 0 Å². The molecule has 0 bridgehead atoms. The second-order valence-electron chi connectivity index (χ2n) is 6.37. The largest absolute Gasteiger partial charge is 0.386 e.